The Balaban J connectivity index is 1.71. The Morgan fingerprint density at radius 3 is 2.40 bits per heavy atom. The maximum absolute atomic E-state index is 9.44. The van der Waals surface area contributed by atoms with E-state index in [0.717, 1.165) is 29.4 Å². The minimum atomic E-state index is -0.297. The van der Waals surface area contributed by atoms with Gasteiger partial charge in [-0.05, 0) is 67.3 Å². The Kier molecular flexibility index (Phi) is 2.93. The summed E-state index contributed by atoms with van der Waals surface area (Å²) in [6, 6.07) is -0.297. The van der Waals surface area contributed by atoms with Gasteiger partial charge < -0.3 is 10.8 Å². The molecule has 4 saturated carbocycles. The van der Waals surface area contributed by atoms with Gasteiger partial charge in [0.05, 0.1) is 24.5 Å². The lowest BCUT2D eigenvalue weighted by atomic mass is 9.50. The highest BCUT2D eigenvalue weighted by atomic mass is 16.3. The monoisotopic (exact) mass is 275 g/mol. The quantitative estimate of drug-likeness (QED) is 0.886. The summed E-state index contributed by atoms with van der Waals surface area (Å²) >= 11 is 0. The Labute approximate surface area is 120 Å². The van der Waals surface area contributed by atoms with E-state index in [1.165, 1.54) is 37.7 Å². The molecule has 1 heterocycles. The smallest absolute Gasteiger partial charge is 0.0704 e. The molecule has 0 aromatic carbocycles. The van der Waals surface area contributed by atoms with Gasteiger partial charge in [0.25, 0.3) is 0 Å². The van der Waals surface area contributed by atoms with Crippen LogP contribution in [0.1, 0.15) is 55.3 Å². The average Bonchev–Trinajstić information content (AvgIpc) is 2.78. The van der Waals surface area contributed by atoms with Gasteiger partial charge in [0.2, 0.25) is 0 Å². The maximum Gasteiger partial charge on any atom is 0.0704 e. The number of aliphatic hydroxyl groups is 1. The molecule has 5 rings (SSSR count). The number of aliphatic hydroxyl groups excluding tert-OH is 1. The number of hydrogen-bond donors (Lipinski definition) is 2. The van der Waals surface area contributed by atoms with Gasteiger partial charge in [-0.25, -0.2) is 0 Å². The van der Waals surface area contributed by atoms with E-state index in [2.05, 4.69) is 5.10 Å². The van der Waals surface area contributed by atoms with Crippen LogP contribution in [-0.4, -0.2) is 21.5 Å². The van der Waals surface area contributed by atoms with Crippen LogP contribution in [0.3, 0.4) is 0 Å². The third kappa shape index (κ3) is 1.77. The van der Waals surface area contributed by atoms with Crippen molar-refractivity contribution in [2.45, 2.75) is 44.1 Å². The van der Waals surface area contributed by atoms with Gasteiger partial charge in [-0.15, -0.1) is 0 Å². The Morgan fingerprint density at radius 2 is 1.85 bits per heavy atom. The number of hydrogen-bond acceptors (Lipinski definition) is 3. The lowest BCUT2D eigenvalue weighted by molar-refractivity contribution is -0.00327. The lowest BCUT2D eigenvalue weighted by Gasteiger charge is -2.54. The molecule has 4 heteroatoms. The van der Waals surface area contributed by atoms with Crippen molar-refractivity contribution in [3.8, 4) is 0 Å². The van der Waals surface area contributed by atoms with Crippen molar-refractivity contribution in [2.24, 2.45) is 36.5 Å². The molecule has 3 N–H and O–H groups in total. The van der Waals surface area contributed by atoms with Crippen LogP contribution in [0.4, 0.5) is 0 Å². The number of rotatable bonds is 3. The number of nitrogens with zero attached hydrogens (tertiary/aromatic N) is 2. The fourth-order valence-corrected chi connectivity index (χ4v) is 5.69. The van der Waals surface area contributed by atoms with Gasteiger partial charge in [-0.3, -0.25) is 4.68 Å². The van der Waals surface area contributed by atoms with Crippen LogP contribution in [0.2, 0.25) is 0 Å². The second-order valence-electron chi connectivity index (χ2n) is 7.35. The summed E-state index contributed by atoms with van der Waals surface area (Å²) in [6.07, 6.45) is 9.12. The van der Waals surface area contributed by atoms with Crippen molar-refractivity contribution in [1.82, 2.24) is 9.78 Å². The fourth-order valence-electron chi connectivity index (χ4n) is 5.69. The molecule has 20 heavy (non-hydrogen) atoms. The van der Waals surface area contributed by atoms with Gasteiger partial charge in [-0.1, -0.05) is 0 Å². The summed E-state index contributed by atoms with van der Waals surface area (Å²) in [7, 11) is 1.95. The molecule has 4 fully saturated rings. The molecule has 1 aromatic rings. The number of aryl methyl sites for hydroxylation is 1. The van der Waals surface area contributed by atoms with E-state index >= 15 is 0 Å². The zero-order valence-corrected chi connectivity index (χ0v) is 12.2. The van der Waals surface area contributed by atoms with Gasteiger partial charge in [-0.2, -0.15) is 5.10 Å². The molecule has 4 nitrogen and oxygen atoms in total. The van der Waals surface area contributed by atoms with Gasteiger partial charge in [0.1, 0.15) is 0 Å². The fraction of sp³-hybridized carbons (Fsp3) is 0.812. The molecule has 4 bridgehead atoms. The van der Waals surface area contributed by atoms with Gasteiger partial charge >= 0.3 is 0 Å². The van der Waals surface area contributed by atoms with Crippen molar-refractivity contribution >= 4 is 0 Å². The van der Waals surface area contributed by atoms with E-state index in [1.807, 2.05) is 17.9 Å². The first-order valence-corrected chi connectivity index (χ1v) is 8.05. The zero-order valence-electron chi connectivity index (χ0n) is 12.2. The highest BCUT2D eigenvalue weighted by Gasteiger charge is 2.49. The van der Waals surface area contributed by atoms with Gasteiger partial charge in [0, 0.05) is 7.05 Å². The van der Waals surface area contributed by atoms with E-state index in [4.69, 9.17) is 5.73 Å². The topological polar surface area (TPSA) is 64.1 Å². The summed E-state index contributed by atoms with van der Waals surface area (Å²) in [5.74, 6) is 4.28. The van der Waals surface area contributed by atoms with Crippen LogP contribution in [0.5, 0.6) is 0 Å². The van der Waals surface area contributed by atoms with Crippen molar-refractivity contribution < 1.29 is 5.11 Å². The average molecular weight is 275 g/mol. The Bertz CT molecular complexity index is 482. The molecule has 0 amide bonds. The number of nitrogens with two attached hydrogens (primary N) is 1. The highest BCUT2D eigenvalue weighted by Crippen LogP contribution is 2.60. The van der Waals surface area contributed by atoms with E-state index < -0.39 is 0 Å². The summed E-state index contributed by atoms with van der Waals surface area (Å²) in [4.78, 5) is 0. The Morgan fingerprint density at radius 1 is 1.25 bits per heavy atom. The first kappa shape index (κ1) is 12.8. The molecule has 1 atom stereocenters. The second-order valence-corrected chi connectivity index (χ2v) is 7.35. The maximum atomic E-state index is 9.44. The predicted molar refractivity (Wildman–Crippen MR) is 77.0 cm³/mol. The van der Waals surface area contributed by atoms with Crippen molar-refractivity contribution in [3.63, 3.8) is 0 Å². The molecular formula is C16H25N3O. The summed E-state index contributed by atoms with van der Waals surface area (Å²) in [5, 5.41) is 13.9. The minimum Gasteiger partial charge on any atom is -0.394 e. The lowest BCUT2D eigenvalue weighted by Crippen LogP contribution is -2.44. The summed E-state index contributed by atoms with van der Waals surface area (Å²) < 4.78 is 1.88. The molecule has 1 unspecified atom stereocenters. The largest absolute Gasteiger partial charge is 0.394 e. The van der Waals surface area contributed by atoms with E-state index in [0.29, 0.717) is 5.92 Å². The van der Waals surface area contributed by atoms with Crippen molar-refractivity contribution in [3.05, 3.63) is 17.5 Å². The van der Waals surface area contributed by atoms with Crippen LogP contribution in [0.15, 0.2) is 6.20 Å². The van der Waals surface area contributed by atoms with Crippen LogP contribution in [0, 0.1) is 23.7 Å². The van der Waals surface area contributed by atoms with Crippen LogP contribution in [-0.2, 0) is 7.05 Å². The van der Waals surface area contributed by atoms with Crippen molar-refractivity contribution in [2.75, 3.05) is 6.61 Å². The third-order valence-corrected chi connectivity index (χ3v) is 6.15. The molecule has 0 saturated heterocycles. The number of aromatic nitrogens is 2. The molecule has 4 aliphatic carbocycles. The van der Waals surface area contributed by atoms with E-state index in [9.17, 15) is 5.11 Å². The summed E-state index contributed by atoms with van der Waals surface area (Å²) in [6.45, 7) is -0.000162. The minimum absolute atomic E-state index is 0.000162. The molecule has 0 radical (unpaired) electrons. The van der Waals surface area contributed by atoms with Crippen LogP contribution < -0.4 is 5.73 Å². The van der Waals surface area contributed by atoms with Crippen LogP contribution in [0.25, 0.3) is 0 Å². The standard InChI is InChI=1S/C16H25N3O/c1-19-16(14(17)8-20)13(7-18-19)15-11-3-9-2-10(5-11)6-12(15)4-9/h7,9-12,14-15,20H,2-6,8,17H2,1H3. The van der Waals surface area contributed by atoms with Crippen molar-refractivity contribution in [1.29, 1.82) is 0 Å². The predicted octanol–water partition coefficient (Wildman–Crippen LogP) is 1.95. The van der Waals surface area contributed by atoms with E-state index in [1.54, 1.807) is 0 Å². The zero-order chi connectivity index (χ0) is 13.9. The third-order valence-electron chi connectivity index (χ3n) is 6.15. The van der Waals surface area contributed by atoms with Gasteiger partial charge in [0.15, 0.2) is 0 Å². The first-order chi connectivity index (χ1) is 9.67. The normalized spacial score (nSPS) is 40.2. The Hall–Kier alpha value is -0.870. The molecule has 0 spiro atoms. The molecule has 1 aromatic heterocycles. The SMILES string of the molecule is Cn1ncc(C2C3CC4CC(C3)CC2C4)c1C(N)CO. The van der Waals surface area contributed by atoms with E-state index in [-0.39, 0.29) is 12.6 Å². The highest BCUT2D eigenvalue weighted by molar-refractivity contribution is 5.29. The first-order valence-electron chi connectivity index (χ1n) is 8.05. The second kappa shape index (κ2) is 4.57. The summed E-state index contributed by atoms with van der Waals surface area (Å²) in [5.41, 5.74) is 8.52. The molecule has 0 aliphatic heterocycles. The molecular weight excluding hydrogens is 250 g/mol. The molecule has 110 valence electrons. The molecule has 4 aliphatic rings. The van der Waals surface area contributed by atoms with Crippen LogP contribution >= 0.6 is 0 Å².